The van der Waals surface area contributed by atoms with E-state index in [1.165, 1.54) is 16.7 Å². The number of aryl methyl sites for hydroxylation is 2. The van der Waals surface area contributed by atoms with Crippen LogP contribution in [0.25, 0.3) is 5.70 Å². The molecule has 0 radical (unpaired) electrons. The largest absolute Gasteiger partial charge is 1.00 e. The number of rotatable bonds is 1. The zero-order valence-electron chi connectivity index (χ0n) is 14.2. The number of nitrogens with zero attached hydrogens (tertiary/aromatic N) is 1. The molecule has 3 rings (SSSR count). The molecule has 1 aromatic heterocycles. The Kier molecular flexibility index (Phi) is 7.94. The van der Waals surface area contributed by atoms with E-state index in [-0.39, 0.29) is 64.9 Å². The molecule has 0 spiro atoms. The third kappa shape index (κ3) is 4.26. The third-order valence-electron chi connectivity index (χ3n) is 3.97. The van der Waals surface area contributed by atoms with E-state index >= 15 is 0 Å². The van der Waals surface area contributed by atoms with E-state index in [4.69, 9.17) is 17.3 Å². The molecule has 1 unspecified atom stereocenters. The summed E-state index contributed by atoms with van der Waals surface area (Å²) in [5, 5.41) is 4.33. The van der Waals surface area contributed by atoms with Crippen molar-refractivity contribution in [2.45, 2.75) is 19.9 Å². The van der Waals surface area contributed by atoms with Gasteiger partial charge in [-0.15, -0.1) is 0 Å². The number of aromatic nitrogens is 1. The van der Waals surface area contributed by atoms with Gasteiger partial charge in [-0.25, -0.2) is 0 Å². The quantitative estimate of drug-likeness (QED) is 0.589. The Labute approximate surface area is 186 Å². The van der Waals surface area contributed by atoms with Crippen molar-refractivity contribution in [3.05, 3.63) is 76.9 Å². The Balaban J connectivity index is 0.00000132. The molecule has 0 bridgehead atoms. The van der Waals surface area contributed by atoms with Crippen molar-refractivity contribution in [2.75, 3.05) is 6.54 Å². The molecule has 3 nitrogen and oxygen atoms in total. The maximum absolute atomic E-state index is 6.16. The summed E-state index contributed by atoms with van der Waals surface area (Å²) in [6, 6.07) is 6.15. The second-order valence-corrected chi connectivity index (χ2v) is 5.85. The number of fused-ring (bicyclic) bond motifs is 1. The Bertz CT molecular complexity index is 705. The van der Waals surface area contributed by atoms with Gasteiger partial charge in [0, 0.05) is 35.2 Å². The van der Waals surface area contributed by atoms with Gasteiger partial charge in [-0.1, -0.05) is 11.6 Å². The summed E-state index contributed by atoms with van der Waals surface area (Å²) >= 11 is 6.16. The first-order chi connectivity index (χ1) is 10.1. The molecule has 23 heavy (non-hydrogen) atoms. The summed E-state index contributed by atoms with van der Waals surface area (Å²) in [5.74, 6) is 0. The van der Waals surface area contributed by atoms with E-state index in [0.29, 0.717) is 0 Å². The van der Waals surface area contributed by atoms with E-state index in [1.54, 1.807) is 0 Å². The van der Waals surface area contributed by atoms with Gasteiger partial charge >= 0.3 is 51.4 Å². The molecule has 2 heterocycles. The van der Waals surface area contributed by atoms with Crippen molar-refractivity contribution in [2.24, 2.45) is 5.73 Å². The smallest absolute Gasteiger partial charge is 0.398 e. The summed E-state index contributed by atoms with van der Waals surface area (Å²) in [6.45, 7) is 4.92. The number of nitrogens with two attached hydrogens (primary N) is 1. The van der Waals surface area contributed by atoms with E-state index < -0.39 is 0 Å². The average molecular weight is 354 g/mol. The van der Waals surface area contributed by atoms with Crippen LogP contribution >= 0.6 is 11.6 Å². The van der Waals surface area contributed by atoms with Gasteiger partial charge < -0.3 is 18.5 Å². The van der Waals surface area contributed by atoms with Gasteiger partial charge in [-0.3, -0.25) is 4.98 Å². The number of hydrogen-bond donors (Lipinski definition) is 2. The summed E-state index contributed by atoms with van der Waals surface area (Å²) < 4.78 is 0. The minimum atomic E-state index is 0. The Hall–Kier alpha value is -0.204. The van der Waals surface area contributed by atoms with Crippen molar-refractivity contribution in [1.82, 2.24) is 10.3 Å². The molecule has 2 aromatic rings. The monoisotopic (exact) mass is 353 g/mol. The van der Waals surface area contributed by atoms with Crippen molar-refractivity contribution in [1.29, 1.82) is 0 Å². The summed E-state index contributed by atoms with van der Waals surface area (Å²) in [5.41, 5.74) is 12.7. The summed E-state index contributed by atoms with van der Waals surface area (Å²) in [6.07, 6.45) is 5.65. The van der Waals surface area contributed by atoms with Gasteiger partial charge in [0.1, 0.15) is 0 Å². The number of hydrogen-bond acceptors (Lipinski definition) is 3. The van der Waals surface area contributed by atoms with Crippen molar-refractivity contribution in [3.63, 3.8) is 0 Å². The van der Waals surface area contributed by atoms with E-state index in [1.807, 2.05) is 36.7 Å². The first-order valence-electron chi connectivity index (χ1n) is 6.98. The van der Waals surface area contributed by atoms with Crippen molar-refractivity contribution < 1.29 is 51.4 Å². The molecule has 1 aliphatic rings. The Morgan fingerprint density at radius 2 is 1.91 bits per heavy atom. The summed E-state index contributed by atoms with van der Waals surface area (Å²) in [4.78, 5) is 4.21. The molecule has 0 amide bonds. The summed E-state index contributed by atoms with van der Waals surface area (Å²) in [7, 11) is 0. The van der Waals surface area contributed by atoms with Crippen LogP contribution in [0.1, 0.15) is 33.9 Å². The van der Waals surface area contributed by atoms with E-state index in [0.717, 1.165) is 28.4 Å². The third-order valence-corrected chi connectivity index (χ3v) is 4.19. The van der Waals surface area contributed by atoms with Crippen LogP contribution in [-0.2, 0) is 0 Å². The van der Waals surface area contributed by atoms with Crippen LogP contribution in [0.5, 0.6) is 0 Å². The van der Waals surface area contributed by atoms with Crippen LogP contribution < -0.4 is 62.4 Å². The molecule has 1 aromatic carbocycles. The second kappa shape index (κ2) is 8.76. The van der Waals surface area contributed by atoms with Gasteiger partial charge in [0.05, 0.1) is 6.04 Å². The van der Waals surface area contributed by atoms with Crippen molar-refractivity contribution in [3.8, 4) is 0 Å². The number of halogens is 1. The second-order valence-electron chi connectivity index (χ2n) is 5.42. The SMILES string of the molecule is Cc1cc(Cl)cc(C)c1C1NCC=C(N)c2cnccc21.[CH3-].[K+]. The fraction of sp³-hybridized carbons (Fsp3) is 0.222. The van der Waals surface area contributed by atoms with E-state index in [2.05, 4.69) is 24.1 Å². The first kappa shape index (κ1) is 20.8. The maximum atomic E-state index is 6.16. The molecular weight excluding hydrogens is 333 g/mol. The van der Waals surface area contributed by atoms with Crippen LogP contribution in [0, 0.1) is 21.3 Å². The van der Waals surface area contributed by atoms with Crippen LogP contribution in [0.2, 0.25) is 5.02 Å². The molecule has 0 saturated heterocycles. The predicted octanol–water partition coefficient (Wildman–Crippen LogP) is 0.798. The molecule has 3 N–H and O–H groups in total. The minimum absolute atomic E-state index is 0. The molecule has 0 saturated carbocycles. The van der Waals surface area contributed by atoms with Crippen LogP contribution in [-0.4, -0.2) is 11.5 Å². The van der Waals surface area contributed by atoms with Crippen LogP contribution in [0.3, 0.4) is 0 Å². The molecule has 0 aliphatic carbocycles. The average Bonchev–Trinajstić information content (AvgIpc) is 2.59. The Morgan fingerprint density at radius 1 is 1.26 bits per heavy atom. The van der Waals surface area contributed by atoms with Gasteiger partial charge in [0.2, 0.25) is 0 Å². The Morgan fingerprint density at radius 3 is 2.57 bits per heavy atom. The predicted molar refractivity (Wildman–Crippen MR) is 93.6 cm³/mol. The number of nitrogens with one attached hydrogen (secondary N) is 1. The zero-order chi connectivity index (χ0) is 15.0. The molecule has 1 atom stereocenters. The normalized spacial score (nSPS) is 16.3. The first-order valence-corrected chi connectivity index (χ1v) is 7.35. The maximum Gasteiger partial charge on any atom is 1.00 e. The van der Waals surface area contributed by atoms with Gasteiger partial charge in [0.15, 0.2) is 0 Å². The van der Waals surface area contributed by atoms with Crippen LogP contribution in [0.15, 0.2) is 36.7 Å². The van der Waals surface area contributed by atoms with Crippen molar-refractivity contribution >= 4 is 17.3 Å². The molecule has 0 fully saturated rings. The molecule has 5 heteroatoms. The standard InChI is InChI=1S/C17H18ClN3.CH3.K/c1-10-7-12(18)8-11(2)16(10)17-13-3-5-20-9-14(13)15(19)4-6-21-17;;/h3-5,7-9,17,21H,6,19H2,1-2H3;1H3;/q;-1;+1. The molecule has 116 valence electrons. The number of pyridine rings is 1. The van der Waals surface area contributed by atoms with Gasteiger partial charge in [-0.05, 0) is 60.4 Å². The zero-order valence-corrected chi connectivity index (χ0v) is 18.0. The van der Waals surface area contributed by atoms with E-state index in [9.17, 15) is 0 Å². The van der Waals surface area contributed by atoms with Gasteiger partial charge in [0.25, 0.3) is 0 Å². The van der Waals surface area contributed by atoms with Crippen LogP contribution in [0.4, 0.5) is 0 Å². The fourth-order valence-corrected chi connectivity index (χ4v) is 3.37. The van der Waals surface area contributed by atoms with Gasteiger partial charge in [-0.2, -0.15) is 0 Å². The topological polar surface area (TPSA) is 50.9 Å². The fourth-order valence-electron chi connectivity index (χ4n) is 3.04. The minimum Gasteiger partial charge on any atom is -0.398 e. The molecular formula is C18H21ClKN3. The molecule has 1 aliphatic heterocycles. The number of benzene rings is 1.